The van der Waals surface area contributed by atoms with Crippen LogP contribution < -0.4 is 10.9 Å². The molecule has 0 saturated heterocycles. The summed E-state index contributed by atoms with van der Waals surface area (Å²) in [6, 6.07) is 1.66. The number of nitrogens with zero attached hydrogens (tertiary/aromatic N) is 1. The molecule has 2 N–H and O–H groups in total. The molecule has 0 heterocycles. The maximum Gasteiger partial charge on any atom is 0.252 e. The second kappa shape index (κ2) is 5.13. The summed E-state index contributed by atoms with van der Waals surface area (Å²) in [5.41, 5.74) is 4.28. The molecule has 5 heteroatoms. The van der Waals surface area contributed by atoms with Crippen LogP contribution in [0.4, 0.5) is 0 Å². The van der Waals surface area contributed by atoms with Gasteiger partial charge in [-0.3, -0.25) is 20.4 Å². The Hall–Kier alpha value is -1.57. The SMILES string of the molecule is CC(C)C(=O)NNC(=O)CC#N. The van der Waals surface area contributed by atoms with Gasteiger partial charge in [-0.25, -0.2) is 0 Å². The van der Waals surface area contributed by atoms with Crippen LogP contribution in [0.15, 0.2) is 0 Å². The molecule has 0 aromatic heterocycles. The molecule has 0 rings (SSSR count). The Morgan fingerprint density at radius 1 is 1.42 bits per heavy atom. The minimum atomic E-state index is -0.508. The van der Waals surface area contributed by atoms with Gasteiger partial charge in [-0.2, -0.15) is 5.26 Å². The molecule has 0 aliphatic heterocycles. The van der Waals surface area contributed by atoms with Gasteiger partial charge in [0.2, 0.25) is 5.91 Å². The van der Waals surface area contributed by atoms with E-state index in [-0.39, 0.29) is 18.2 Å². The van der Waals surface area contributed by atoms with Crippen molar-refractivity contribution in [3.63, 3.8) is 0 Å². The minimum Gasteiger partial charge on any atom is -0.273 e. The first-order chi connectivity index (χ1) is 5.57. The molecule has 0 spiro atoms. The van der Waals surface area contributed by atoms with Gasteiger partial charge in [-0.05, 0) is 0 Å². The topological polar surface area (TPSA) is 82.0 Å². The summed E-state index contributed by atoms with van der Waals surface area (Å²) in [5.74, 6) is -0.972. The zero-order chi connectivity index (χ0) is 9.56. The number of hydrazine groups is 1. The van der Waals surface area contributed by atoms with Crippen LogP contribution in [0.5, 0.6) is 0 Å². The van der Waals surface area contributed by atoms with E-state index in [9.17, 15) is 9.59 Å². The predicted molar refractivity (Wildman–Crippen MR) is 41.4 cm³/mol. The second-order valence-electron chi connectivity index (χ2n) is 2.53. The minimum absolute atomic E-state index is 0.188. The molecule has 0 fully saturated rings. The molecule has 0 atom stereocenters. The Labute approximate surface area is 70.7 Å². The van der Waals surface area contributed by atoms with E-state index >= 15 is 0 Å². The molecule has 0 aliphatic carbocycles. The van der Waals surface area contributed by atoms with Gasteiger partial charge in [0.1, 0.15) is 6.42 Å². The highest BCUT2D eigenvalue weighted by Gasteiger charge is 2.06. The van der Waals surface area contributed by atoms with E-state index in [0.717, 1.165) is 0 Å². The predicted octanol–water partition coefficient (Wildman–Crippen LogP) is -0.297. The van der Waals surface area contributed by atoms with Gasteiger partial charge in [0.05, 0.1) is 6.07 Å². The quantitative estimate of drug-likeness (QED) is 0.557. The molecule has 2 amide bonds. The van der Waals surface area contributed by atoms with Crippen LogP contribution in [-0.2, 0) is 9.59 Å². The zero-order valence-electron chi connectivity index (χ0n) is 7.05. The third kappa shape index (κ3) is 4.28. The molecule has 0 aliphatic rings. The van der Waals surface area contributed by atoms with Crippen molar-refractivity contribution < 1.29 is 9.59 Å². The van der Waals surface area contributed by atoms with Gasteiger partial charge in [0.15, 0.2) is 0 Å². The first-order valence-corrected chi connectivity index (χ1v) is 3.53. The van der Waals surface area contributed by atoms with Crippen LogP contribution in [-0.4, -0.2) is 11.8 Å². The Morgan fingerprint density at radius 3 is 2.42 bits per heavy atom. The third-order valence-corrected chi connectivity index (χ3v) is 1.09. The van der Waals surface area contributed by atoms with E-state index in [0.29, 0.717) is 0 Å². The van der Waals surface area contributed by atoms with Crippen LogP contribution in [0.3, 0.4) is 0 Å². The summed E-state index contributed by atoms with van der Waals surface area (Å²) < 4.78 is 0. The summed E-state index contributed by atoms with van der Waals surface area (Å²) in [4.78, 5) is 21.5. The Balaban J connectivity index is 3.63. The lowest BCUT2D eigenvalue weighted by Gasteiger charge is -2.06. The first kappa shape index (κ1) is 10.4. The summed E-state index contributed by atoms with van der Waals surface area (Å²) in [7, 11) is 0. The van der Waals surface area contributed by atoms with E-state index in [2.05, 4.69) is 10.9 Å². The molecule has 0 bridgehead atoms. The lowest BCUT2D eigenvalue weighted by molar-refractivity contribution is -0.130. The molecule has 0 unspecified atom stereocenters. The fourth-order valence-electron chi connectivity index (χ4n) is 0.392. The second-order valence-corrected chi connectivity index (χ2v) is 2.53. The van der Waals surface area contributed by atoms with E-state index in [4.69, 9.17) is 5.26 Å². The monoisotopic (exact) mass is 169 g/mol. The number of hydrogen-bond acceptors (Lipinski definition) is 3. The number of carbonyl (C=O) groups excluding carboxylic acids is 2. The molecule has 5 nitrogen and oxygen atoms in total. The van der Waals surface area contributed by atoms with Gasteiger partial charge in [-0.1, -0.05) is 13.8 Å². The van der Waals surface area contributed by atoms with E-state index in [1.54, 1.807) is 19.9 Å². The van der Waals surface area contributed by atoms with E-state index < -0.39 is 5.91 Å². The maximum absolute atomic E-state index is 10.8. The van der Waals surface area contributed by atoms with Crippen molar-refractivity contribution in [1.82, 2.24) is 10.9 Å². The molecule has 0 aromatic carbocycles. The number of rotatable bonds is 2. The van der Waals surface area contributed by atoms with Crippen LogP contribution >= 0.6 is 0 Å². The van der Waals surface area contributed by atoms with Crippen LogP contribution in [0, 0.1) is 17.2 Å². The average molecular weight is 169 g/mol. The smallest absolute Gasteiger partial charge is 0.252 e. The van der Waals surface area contributed by atoms with Crippen LogP contribution in [0.25, 0.3) is 0 Å². The summed E-state index contributed by atoms with van der Waals surface area (Å²) >= 11 is 0. The summed E-state index contributed by atoms with van der Waals surface area (Å²) in [5, 5.41) is 8.09. The summed E-state index contributed by atoms with van der Waals surface area (Å²) in [6.45, 7) is 3.40. The molecule has 0 aromatic rings. The zero-order valence-corrected chi connectivity index (χ0v) is 7.05. The molecule has 0 radical (unpaired) electrons. The number of nitriles is 1. The standard InChI is InChI=1S/C7H11N3O2/c1-5(2)7(12)10-9-6(11)3-4-8/h5H,3H2,1-2H3,(H,9,11)(H,10,12). The Bertz CT molecular complexity index is 217. The molecular formula is C7H11N3O2. The third-order valence-electron chi connectivity index (χ3n) is 1.09. The van der Waals surface area contributed by atoms with Crippen molar-refractivity contribution in [2.75, 3.05) is 0 Å². The van der Waals surface area contributed by atoms with Crippen molar-refractivity contribution in [3.05, 3.63) is 0 Å². The van der Waals surface area contributed by atoms with Crippen LogP contribution in [0.2, 0.25) is 0 Å². The van der Waals surface area contributed by atoms with E-state index in [1.165, 1.54) is 0 Å². The highest BCUT2D eigenvalue weighted by Crippen LogP contribution is 1.88. The van der Waals surface area contributed by atoms with Crippen molar-refractivity contribution in [3.8, 4) is 6.07 Å². The highest BCUT2D eigenvalue weighted by atomic mass is 16.2. The molecule has 0 saturated carbocycles. The number of amides is 2. The first-order valence-electron chi connectivity index (χ1n) is 3.53. The largest absolute Gasteiger partial charge is 0.273 e. The number of hydrogen-bond donors (Lipinski definition) is 2. The average Bonchev–Trinajstić information content (AvgIpc) is 2.00. The molecule has 12 heavy (non-hydrogen) atoms. The van der Waals surface area contributed by atoms with Gasteiger partial charge in [0, 0.05) is 5.92 Å². The lowest BCUT2D eigenvalue weighted by Crippen LogP contribution is -2.43. The maximum atomic E-state index is 10.8. The van der Waals surface area contributed by atoms with Crippen LogP contribution in [0.1, 0.15) is 20.3 Å². The number of nitrogens with one attached hydrogen (secondary N) is 2. The van der Waals surface area contributed by atoms with Gasteiger partial charge in [0.25, 0.3) is 5.91 Å². The van der Waals surface area contributed by atoms with Gasteiger partial charge in [-0.15, -0.1) is 0 Å². The highest BCUT2D eigenvalue weighted by molar-refractivity contribution is 5.83. The van der Waals surface area contributed by atoms with E-state index in [1.807, 2.05) is 0 Å². The van der Waals surface area contributed by atoms with Crippen molar-refractivity contribution >= 4 is 11.8 Å². The van der Waals surface area contributed by atoms with Gasteiger partial charge < -0.3 is 0 Å². The summed E-state index contributed by atoms with van der Waals surface area (Å²) in [6.07, 6.45) is -0.252. The lowest BCUT2D eigenvalue weighted by atomic mass is 10.2. The van der Waals surface area contributed by atoms with Crippen molar-refractivity contribution in [1.29, 1.82) is 5.26 Å². The fourth-order valence-corrected chi connectivity index (χ4v) is 0.392. The Morgan fingerprint density at radius 2 is 2.00 bits per heavy atom. The van der Waals surface area contributed by atoms with Gasteiger partial charge >= 0.3 is 0 Å². The van der Waals surface area contributed by atoms with Crippen molar-refractivity contribution in [2.24, 2.45) is 5.92 Å². The Kier molecular flexibility index (Phi) is 4.46. The normalized spacial score (nSPS) is 8.83. The fraction of sp³-hybridized carbons (Fsp3) is 0.571. The molecular weight excluding hydrogens is 158 g/mol. The molecule has 66 valence electrons. The number of carbonyl (C=O) groups is 2. The van der Waals surface area contributed by atoms with Crippen molar-refractivity contribution in [2.45, 2.75) is 20.3 Å².